The molecule has 0 saturated carbocycles. The highest BCUT2D eigenvalue weighted by atomic mass is 16.2. The van der Waals surface area contributed by atoms with Crippen LogP contribution in [0.5, 0.6) is 0 Å². The van der Waals surface area contributed by atoms with E-state index in [1.54, 1.807) is 18.2 Å². The number of carbonyl (C=O) groups is 1. The molecule has 25 heavy (non-hydrogen) atoms. The minimum absolute atomic E-state index is 0.0821. The topological polar surface area (TPSA) is 69.0 Å². The Labute approximate surface area is 147 Å². The molecule has 2 aliphatic rings. The summed E-state index contributed by atoms with van der Waals surface area (Å²) in [5.41, 5.74) is 4.07. The largest absolute Gasteiger partial charge is 0.325 e. The Morgan fingerprint density at radius 3 is 2.76 bits per heavy atom. The van der Waals surface area contributed by atoms with Crippen LogP contribution in [0.3, 0.4) is 0 Å². The highest BCUT2D eigenvalue weighted by molar-refractivity contribution is 6.04. The number of hydrogen-bond acceptors (Lipinski definition) is 4. The molecule has 0 radical (unpaired) electrons. The molecule has 4 rings (SSSR count). The van der Waals surface area contributed by atoms with Crippen molar-refractivity contribution in [2.75, 3.05) is 18.4 Å². The van der Waals surface area contributed by atoms with Crippen molar-refractivity contribution in [3.63, 3.8) is 0 Å². The standard InChI is InChI=1S/C20H20N4O/c21-11-14-4-6-17-16(10-14)19(20(25)23-17)18-7-5-15(12-22-18)13-24-8-2-1-3-9-24/h4-7,10,12,19H,1-3,8-9,13H2,(H,23,25). The third-order valence-electron chi connectivity index (χ3n) is 5.01. The summed E-state index contributed by atoms with van der Waals surface area (Å²) in [5.74, 6) is -0.520. The Morgan fingerprint density at radius 1 is 1.20 bits per heavy atom. The number of benzene rings is 1. The first kappa shape index (κ1) is 15.8. The summed E-state index contributed by atoms with van der Waals surface area (Å²) in [5, 5.41) is 12.0. The highest BCUT2D eigenvalue weighted by Gasteiger charge is 2.33. The van der Waals surface area contributed by atoms with Gasteiger partial charge in [0, 0.05) is 18.4 Å². The van der Waals surface area contributed by atoms with Gasteiger partial charge in [-0.05, 0) is 61.3 Å². The van der Waals surface area contributed by atoms with E-state index in [0.717, 1.165) is 36.6 Å². The van der Waals surface area contributed by atoms with Gasteiger partial charge in [0.1, 0.15) is 5.92 Å². The number of aromatic nitrogens is 1. The van der Waals surface area contributed by atoms with Gasteiger partial charge in [-0.2, -0.15) is 5.26 Å². The molecular weight excluding hydrogens is 312 g/mol. The molecule has 1 amide bonds. The minimum atomic E-state index is -0.438. The van der Waals surface area contributed by atoms with E-state index in [1.165, 1.54) is 24.8 Å². The third kappa shape index (κ3) is 3.13. The number of nitriles is 1. The summed E-state index contributed by atoms with van der Waals surface area (Å²) in [4.78, 5) is 19.4. The number of anilines is 1. The van der Waals surface area contributed by atoms with Crippen molar-refractivity contribution in [2.45, 2.75) is 31.7 Å². The van der Waals surface area contributed by atoms with Crippen LogP contribution in [0.15, 0.2) is 36.5 Å². The second kappa shape index (κ2) is 6.66. The smallest absolute Gasteiger partial charge is 0.238 e. The van der Waals surface area contributed by atoms with Crippen LogP contribution < -0.4 is 5.32 Å². The molecule has 3 heterocycles. The van der Waals surface area contributed by atoms with Gasteiger partial charge >= 0.3 is 0 Å². The SMILES string of the molecule is N#Cc1ccc2c(c1)C(c1ccc(CN3CCCCC3)cn1)C(=O)N2. The van der Waals surface area contributed by atoms with E-state index >= 15 is 0 Å². The molecule has 1 fully saturated rings. The zero-order valence-corrected chi connectivity index (χ0v) is 14.0. The molecule has 126 valence electrons. The molecule has 0 aliphatic carbocycles. The van der Waals surface area contributed by atoms with Crippen molar-refractivity contribution in [3.8, 4) is 6.07 Å². The summed E-state index contributed by atoms with van der Waals surface area (Å²) in [7, 11) is 0. The number of hydrogen-bond donors (Lipinski definition) is 1. The molecule has 0 bridgehead atoms. The van der Waals surface area contributed by atoms with Gasteiger partial charge in [0.2, 0.25) is 5.91 Å². The van der Waals surface area contributed by atoms with Gasteiger partial charge in [0.25, 0.3) is 0 Å². The maximum absolute atomic E-state index is 12.4. The van der Waals surface area contributed by atoms with Crippen molar-refractivity contribution in [2.24, 2.45) is 0 Å². The molecule has 1 unspecified atom stereocenters. The lowest BCUT2D eigenvalue weighted by atomic mass is 9.95. The van der Waals surface area contributed by atoms with E-state index in [0.29, 0.717) is 5.56 Å². The van der Waals surface area contributed by atoms with Gasteiger partial charge in [0.15, 0.2) is 0 Å². The Hall–Kier alpha value is -2.71. The second-order valence-electron chi connectivity index (χ2n) is 6.76. The molecule has 5 nitrogen and oxygen atoms in total. The van der Waals surface area contributed by atoms with Crippen molar-refractivity contribution in [3.05, 3.63) is 58.9 Å². The molecular formula is C20H20N4O. The first-order valence-electron chi connectivity index (χ1n) is 8.77. The first-order chi connectivity index (χ1) is 12.2. The zero-order chi connectivity index (χ0) is 17.2. The Kier molecular flexibility index (Phi) is 4.21. The van der Waals surface area contributed by atoms with E-state index in [2.05, 4.69) is 27.3 Å². The molecule has 2 aliphatic heterocycles. The first-order valence-corrected chi connectivity index (χ1v) is 8.77. The fraction of sp³-hybridized carbons (Fsp3) is 0.350. The number of nitrogens with zero attached hydrogens (tertiary/aromatic N) is 3. The van der Waals surface area contributed by atoms with Gasteiger partial charge in [0.05, 0.1) is 17.3 Å². The molecule has 1 N–H and O–H groups in total. The Balaban J connectivity index is 1.56. The molecule has 5 heteroatoms. The molecule has 1 aromatic heterocycles. The molecule has 2 aromatic rings. The van der Waals surface area contributed by atoms with E-state index in [4.69, 9.17) is 5.26 Å². The maximum Gasteiger partial charge on any atom is 0.238 e. The number of nitrogens with one attached hydrogen (secondary N) is 1. The molecule has 1 aromatic carbocycles. The predicted octanol–water partition coefficient (Wildman–Crippen LogP) is 3.02. The third-order valence-corrected chi connectivity index (χ3v) is 5.01. The van der Waals surface area contributed by atoms with Crippen LogP contribution in [0.1, 0.15) is 47.6 Å². The summed E-state index contributed by atoms with van der Waals surface area (Å²) in [6, 6.07) is 11.4. The van der Waals surface area contributed by atoms with Gasteiger partial charge in [-0.15, -0.1) is 0 Å². The summed E-state index contributed by atoms with van der Waals surface area (Å²) >= 11 is 0. The molecule has 0 spiro atoms. The number of piperidine rings is 1. The average Bonchev–Trinajstić information content (AvgIpc) is 2.98. The molecule has 1 saturated heterocycles. The van der Waals surface area contributed by atoms with Crippen LogP contribution in [-0.4, -0.2) is 28.9 Å². The highest BCUT2D eigenvalue weighted by Crippen LogP contribution is 2.36. The van der Waals surface area contributed by atoms with Crippen molar-refractivity contribution >= 4 is 11.6 Å². The van der Waals surface area contributed by atoms with Gasteiger partial charge in [-0.1, -0.05) is 12.5 Å². The number of fused-ring (bicyclic) bond motifs is 1. The number of amides is 1. The fourth-order valence-corrected chi connectivity index (χ4v) is 3.70. The lowest BCUT2D eigenvalue weighted by Gasteiger charge is -2.26. The number of rotatable bonds is 3. The normalized spacial score (nSPS) is 20.0. The van der Waals surface area contributed by atoms with E-state index < -0.39 is 5.92 Å². The lowest BCUT2D eigenvalue weighted by molar-refractivity contribution is -0.116. The van der Waals surface area contributed by atoms with E-state index in [9.17, 15) is 4.79 Å². The average molecular weight is 332 g/mol. The summed E-state index contributed by atoms with van der Waals surface area (Å²) in [6.07, 6.45) is 5.75. The van der Waals surface area contributed by atoms with Crippen molar-refractivity contribution in [1.82, 2.24) is 9.88 Å². The van der Waals surface area contributed by atoms with Crippen LogP contribution in [0.2, 0.25) is 0 Å². The Morgan fingerprint density at radius 2 is 2.04 bits per heavy atom. The summed E-state index contributed by atoms with van der Waals surface area (Å²) in [6.45, 7) is 3.22. The van der Waals surface area contributed by atoms with E-state index in [1.807, 2.05) is 12.3 Å². The minimum Gasteiger partial charge on any atom is -0.325 e. The molecule has 1 atom stereocenters. The second-order valence-corrected chi connectivity index (χ2v) is 6.76. The number of carbonyl (C=O) groups excluding carboxylic acids is 1. The lowest BCUT2D eigenvalue weighted by Crippen LogP contribution is -2.29. The van der Waals surface area contributed by atoms with E-state index in [-0.39, 0.29) is 5.91 Å². The van der Waals surface area contributed by atoms with Crippen LogP contribution >= 0.6 is 0 Å². The zero-order valence-electron chi connectivity index (χ0n) is 14.0. The number of pyridine rings is 1. The van der Waals surface area contributed by atoms with Crippen molar-refractivity contribution < 1.29 is 4.79 Å². The quantitative estimate of drug-likeness (QED) is 0.938. The van der Waals surface area contributed by atoms with Crippen LogP contribution in [0.4, 0.5) is 5.69 Å². The van der Waals surface area contributed by atoms with Gasteiger partial charge < -0.3 is 5.32 Å². The maximum atomic E-state index is 12.4. The van der Waals surface area contributed by atoms with Crippen LogP contribution in [0, 0.1) is 11.3 Å². The Bertz CT molecular complexity index is 832. The fourth-order valence-electron chi connectivity index (χ4n) is 3.70. The van der Waals surface area contributed by atoms with Gasteiger partial charge in [-0.25, -0.2) is 0 Å². The van der Waals surface area contributed by atoms with Crippen LogP contribution in [0.25, 0.3) is 0 Å². The van der Waals surface area contributed by atoms with Crippen molar-refractivity contribution in [1.29, 1.82) is 5.26 Å². The number of likely N-dealkylation sites (tertiary alicyclic amines) is 1. The monoisotopic (exact) mass is 332 g/mol. The predicted molar refractivity (Wildman–Crippen MR) is 95.0 cm³/mol. The summed E-state index contributed by atoms with van der Waals surface area (Å²) < 4.78 is 0. The van der Waals surface area contributed by atoms with Gasteiger partial charge in [-0.3, -0.25) is 14.7 Å². The van der Waals surface area contributed by atoms with Crippen LogP contribution in [-0.2, 0) is 11.3 Å².